The molecule has 0 aliphatic heterocycles. The lowest BCUT2D eigenvalue weighted by Gasteiger charge is -2.17. The molecule has 0 unspecified atom stereocenters. The second kappa shape index (κ2) is 33.1. The van der Waals surface area contributed by atoms with Crippen LogP contribution in [0.15, 0.2) is 0 Å². The molecule has 240 valence electrons. The van der Waals surface area contributed by atoms with Gasteiger partial charge in [-0.1, -0.05) is 168 Å². The summed E-state index contributed by atoms with van der Waals surface area (Å²) in [4.78, 5) is 27.0. The third kappa shape index (κ3) is 29.1. The Morgan fingerprint density at radius 3 is 0.875 bits per heavy atom. The molecule has 0 aliphatic carbocycles. The number of hydrogen-bond acceptors (Lipinski definition) is 2. The fourth-order valence-corrected chi connectivity index (χ4v) is 5.80. The van der Waals surface area contributed by atoms with Crippen molar-refractivity contribution in [1.29, 1.82) is 0 Å². The molecule has 0 spiro atoms. The lowest BCUT2D eigenvalue weighted by atomic mass is 9.91. The van der Waals surface area contributed by atoms with Crippen molar-refractivity contribution in [1.82, 2.24) is 0 Å². The molecule has 3 nitrogen and oxygen atoms in total. The van der Waals surface area contributed by atoms with Crippen LogP contribution in [0.25, 0.3) is 0 Å². The lowest BCUT2D eigenvalue weighted by molar-refractivity contribution is -0.859. The predicted molar refractivity (Wildman–Crippen MR) is 172 cm³/mol. The van der Waals surface area contributed by atoms with Crippen LogP contribution in [0.3, 0.4) is 0 Å². The minimum Gasteiger partial charge on any atom is -1.00 e. The molecule has 0 saturated heterocycles. The first kappa shape index (κ1) is 41.7. The van der Waals surface area contributed by atoms with Crippen LogP contribution in [0.5, 0.6) is 0 Å². The molecule has 0 amide bonds. The van der Waals surface area contributed by atoms with Crippen molar-refractivity contribution >= 4 is 11.6 Å². The van der Waals surface area contributed by atoms with E-state index in [1.807, 2.05) is 0 Å². The van der Waals surface area contributed by atoms with Crippen LogP contribution in [0.1, 0.15) is 194 Å². The SMILES string of the molecule is CCCCCCCCCCCCCCCC(=O)C(C[NH+](C)C)C(=O)CCCCCCCCCCCCCCC.[Cl-]. The van der Waals surface area contributed by atoms with Crippen molar-refractivity contribution in [2.24, 2.45) is 5.92 Å². The van der Waals surface area contributed by atoms with E-state index in [-0.39, 0.29) is 29.9 Å². The molecule has 0 fully saturated rings. The molecule has 1 N–H and O–H groups in total. The van der Waals surface area contributed by atoms with E-state index in [1.165, 1.54) is 146 Å². The molecule has 0 aliphatic rings. The molecule has 0 aromatic carbocycles. The number of nitrogens with one attached hydrogen (secondary N) is 1. The monoisotopic (exact) mass is 586 g/mol. The third-order valence-electron chi connectivity index (χ3n) is 8.44. The Kier molecular flexibility index (Phi) is 34.5. The zero-order valence-electron chi connectivity index (χ0n) is 27.8. The van der Waals surface area contributed by atoms with Gasteiger partial charge in [-0.15, -0.1) is 0 Å². The molecular weight excluding hydrogens is 514 g/mol. The summed E-state index contributed by atoms with van der Waals surface area (Å²) in [6.45, 7) is 5.22. The van der Waals surface area contributed by atoms with Gasteiger partial charge in [0.05, 0.1) is 20.6 Å². The van der Waals surface area contributed by atoms with E-state index >= 15 is 0 Å². The number of rotatable bonds is 32. The van der Waals surface area contributed by atoms with Gasteiger partial charge in [0.25, 0.3) is 0 Å². The van der Waals surface area contributed by atoms with Crippen LogP contribution < -0.4 is 17.3 Å². The van der Waals surface area contributed by atoms with Crippen molar-refractivity contribution in [3.8, 4) is 0 Å². The minimum absolute atomic E-state index is 0. The first-order valence-electron chi connectivity index (χ1n) is 17.9. The Morgan fingerprint density at radius 2 is 0.650 bits per heavy atom. The fourth-order valence-electron chi connectivity index (χ4n) is 5.80. The third-order valence-corrected chi connectivity index (χ3v) is 8.44. The van der Waals surface area contributed by atoms with E-state index in [1.54, 1.807) is 0 Å². The first-order chi connectivity index (χ1) is 19.0. The predicted octanol–water partition coefficient (Wildman–Crippen LogP) is 6.85. The maximum Gasteiger partial charge on any atom is 0.149 e. The van der Waals surface area contributed by atoms with Gasteiger partial charge in [-0.2, -0.15) is 0 Å². The van der Waals surface area contributed by atoms with Gasteiger partial charge < -0.3 is 17.3 Å². The molecule has 0 saturated carbocycles. The fraction of sp³-hybridized carbons (Fsp3) is 0.944. The highest BCUT2D eigenvalue weighted by molar-refractivity contribution is 6.02. The van der Waals surface area contributed by atoms with Crippen LogP contribution in [-0.2, 0) is 9.59 Å². The Morgan fingerprint density at radius 1 is 0.425 bits per heavy atom. The van der Waals surface area contributed by atoms with Crippen LogP contribution in [0.4, 0.5) is 0 Å². The second-order valence-corrected chi connectivity index (χ2v) is 12.9. The minimum atomic E-state index is -0.371. The van der Waals surface area contributed by atoms with Crippen molar-refractivity contribution in [3.63, 3.8) is 0 Å². The van der Waals surface area contributed by atoms with E-state index in [0.717, 1.165) is 25.7 Å². The summed E-state index contributed by atoms with van der Waals surface area (Å²) in [5.41, 5.74) is 0. The summed E-state index contributed by atoms with van der Waals surface area (Å²) < 4.78 is 0. The second-order valence-electron chi connectivity index (χ2n) is 12.9. The van der Waals surface area contributed by atoms with Gasteiger partial charge in [0.15, 0.2) is 0 Å². The van der Waals surface area contributed by atoms with E-state index in [2.05, 4.69) is 27.9 Å². The lowest BCUT2D eigenvalue weighted by Crippen LogP contribution is -3.06. The summed E-state index contributed by atoms with van der Waals surface area (Å²) >= 11 is 0. The van der Waals surface area contributed by atoms with Crippen molar-refractivity contribution in [2.75, 3.05) is 20.6 Å². The maximum absolute atomic E-state index is 12.9. The van der Waals surface area contributed by atoms with Crippen molar-refractivity contribution < 1.29 is 26.9 Å². The Bertz CT molecular complexity index is 495. The topological polar surface area (TPSA) is 38.6 Å². The van der Waals surface area contributed by atoms with Gasteiger partial charge in [-0.3, -0.25) is 9.59 Å². The molecule has 0 rings (SSSR count). The van der Waals surface area contributed by atoms with E-state index in [4.69, 9.17) is 0 Å². The van der Waals surface area contributed by atoms with Crippen LogP contribution in [0, 0.1) is 5.92 Å². The number of halogens is 1. The van der Waals surface area contributed by atoms with Crippen molar-refractivity contribution in [3.05, 3.63) is 0 Å². The summed E-state index contributed by atoms with van der Waals surface area (Å²) in [6.07, 6.45) is 35.4. The largest absolute Gasteiger partial charge is 1.00 e. The molecular formula is C36H72ClNO2. The van der Waals surface area contributed by atoms with E-state index < -0.39 is 0 Å². The molecule has 4 heteroatoms. The Balaban J connectivity index is 0. The molecule has 0 atom stereocenters. The molecule has 0 aromatic rings. The zero-order chi connectivity index (χ0) is 28.8. The first-order valence-corrected chi connectivity index (χ1v) is 17.9. The van der Waals surface area contributed by atoms with E-state index in [0.29, 0.717) is 19.4 Å². The quantitative estimate of drug-likeness (QED) is 0.0692. The molecule has 0 bridgehead atoms. The van der Waals surface area contributed by atoms with E-state index in [9.17, 15) is 9.59 Å². The Labute approximate surface area is 258 Å². The number of ketones is 2. The number of quaternary nitrogens is 1. The number of carbonyl (C=O) groups is 2. The number of hydrogen-bond donors (Lipinski definition) is 1. The van der Waals surface area contributed by atoms with Crippen LogP contribution in [-0.4, -0.2) is 32.2 Å². The summed E-state index contributed by atoms with van der Waals surface area (Å²) in [5, 5.41) is 0. The van der Waals surface area contributed by atoms with Gasteiger partial charge in [-0.05, 0) is 12.8 Å². The highest BCUT2D eigenvalue weighted by atomic mass is 35.5. The summed E-state index contributed by atoms with van der Waals surface area (Å²) in [6, 6.07) is 0. The molecule has 40 heavy (non-hydrogen) atoms. The highest BCUT2D eigenvalue weighted by Crippen LogP contribution is 2.16. The average molecular weight is 586 g/mol. The summed E-state index contributed by atoms with van der Waals surface area (Å²) in [7, 11) is 4.12. The van der Waals surface area contributed by atoms with Crippen molar-refractivity contribution in [2.45, 2.75) is 194 Å². The highest BCUT2D eigenvalue weighted by Gasteiger charge is 2.27. The van der Waals surface area contributed by atoms with Gasteiger partial charge >= 0.3 is 0 Å². The smallest absolute Gasteiger partial charge is 0.149 e. The number of Topliss-reactive ketones (excluding diaryl/α,β-unsaturated/α-hetero) is 2. The molecule has 0 heterocycles. The number of carbonyl (C=O) groups excluding carboxylic acids is 2. The average Bonchev–Trinajstić information content (AvgIpc) is 2.92. The van der Waals surface area contributed by atoms with Gasteiger partial charge in [0.2, 0.25) is 0 Å². The van der Waals surface area contributed by atoms with Crippen LogP contribution in [0.2, 0.25) is 0 Å². The summed E-state index contributed by atoms with van der Waals surface area (Å²) in [5.74, 6) is 0.0441. The maximum atomic E-state index is 12.9. The standard InChI is InChI=1S/C36H71NO2.ClH/c1-5-7-9-11-13-15-17-19-21-23-25-27-29-31-35(38)34(33-37(3)4)36(39)32-30-28-26-24-22-20-18-16-14-12-10-8-6-2;/h34H,5-33H2,1-4H3;1H. The van der Waals surface area contributed by atoms with Gasteiger partial charge in [0, 0.05) is 12.8 Å². The molecule has 0 aromatic heterocycles. The normalized spacial score (nSPS) is 11.3. The number of unbranched alkanes of at least 4 members (excludes halogenated alkanes) is 24. The Hall–Kier alpha value is -0.410. The van der Waals surface area contributed by atoms with Gasteiger partial charge in [0.1, 0.15) is 17.5 Å². The van der Waals surface area contributed by atoms with Gasteiger partial charge in [-0.25, -0.2) is 0 Å². The zero-order valence-corrected chi connectivity index (χ0v) is 28.5. The molecule has 0 radical (unpaired) electrons. The van der Waals surface area contributed by atoms with Crippen LogP contribution >= 0.6 is 0 Å².